The molecule has 1 saturated heterocycles. The Hall–Kier alpha value is -0.450. The molecule has 4 heteroatoms. The molecule has 16 heavy (non-hydrogen) atoms. The standard InChI is InChI=1S/C12H15BrFNO/c13-10-2-1-8(11(14)6-10)5-12(15)9-3-4-16-7-9/h1-2,6,9,12H,3-5,7,15H2. The van der Waals surface area contributed by atoms with Crippen LogP contribution >= 0.6 is 15.9 Å². The first-order valence-electron chi connectivity index (χ1n) is 5.44. The van der Waals surface area contributed by atoms with Gasteiger partial charge in [0.15, 0.2) is 0 Å². The molecule has 2 unspecified atom stereocenters. The van der Waals surface area contributed by atoms with Crippen molar-refractivity contribution in [2.75, 3.05) is 13.2 Å². The van der Waals surface area contributed by atoms with Crippen LogP contribution in [0.3, 0.4) is 0 Å². The Morgan fingerprint density at radius 3 is 3.00 bits per heavy atom. The zero-order chi connectivity index (χ0) is 11.5. The molecule has 2 rings (SSSR count). The van der Waals surface area contributed by atoms with Crippen molar-refractivity contribution in [1.29, 1.82) is 0 Å². The van der Waals surface area contributed by atoms with Crippen molar-refractivity contribution < 1.29 is 9.13 Å². The average molecular weight is 288 g/mol. The highest BCUT2D eigenvalue weighted by atomic mass is 79.9. The van der Waals surface area contributed by atoms with Crippen LogP contribution in [0.15, 0.2) is 22.7 Å². The minimum Gasteiger partial charge on any atom is -0.381 e. The van der Waals surface area contributed by atoms with Crippen LogP contribution < -0.4 is 5.73 Å². The van der Waals surface area contributed by atoms with Gasteiger partial charge in [0.2, 0.25) is 0 Å². The summed E-state index contributed by atoms with van der Waals surface area (Å²) < 4.78 is 19.6. The van der Waals surface area contributed by atoms with E-state index in [0.29, 0.717) is 24.5 Å². The van der Waals surface area contributed by atoms with Gasteiger partial charge in [-0.05, 0) is 36.5 Å². The lowest BCUT2D eigenvalue weighted by molar-refractivity contribution is 0.180. The van der Waals surface area contributed by atoms with E-state index in [0.717, 1.165) is 17.5 Å². The summed E-state index contributed by atoms with van der Waals surface area (Å²) in [7, 11) is 0. The van der Waals surface area contributed by atoms with E-state index >= 15 is 0 Å². The maximum absolute atomic E-state index is 13.6. The third-order valence-corrected chi connectivity index (χ3v) is 3.53. The highest BCUT2D eigenvalue weighted by Gasteiger charge is 2.23. The molecule has 2 nitrogen and oxygen atoms in total. The fraction of sp³-hybridized carbons (Fsp3) is 0.500. The van der Waals surface area contributed by atoms with Crippen LogP contribution in [-0.2, 0) is 11.2 Å². The van der Waals surface area contributed by atoms with Crippen LogP contribution in [0.1, 0.15) is 12.0 Å². The summed E-state index contributed by atoms with van der Waals surface area (Å²) in [6.07, 6.45) is 1.56. The summed E-state index contributed by atoms with van der Waals surface area (Å²) >= 11 is 3.24. The smallest absolute Gasteiger partial charge is 0.127 e. The Morgan fingerprint density at radius 1 is 1.56 bits per heavy atom. The summed E-state index contributed by atoms with van der Waals surface area (Å²) in [5.74, 6) is 0.173. The van der Waals surface area contributed by atoms with Gasteiger partial charge in [0.05, 0.1) is 6.61 Å². The van der Waals surface area contributed by atoms with Gasteiger partial charge in [0, 0.05) is 17.1 Å². The third-order valence-electron chi connectivity index (χ3n) is 3.04. The van der Waals surface area contributed by atoms with Gasteiger partial charge in [0.25, 0.3) is 0 Å². The molecule has 0 saturated carbocycles. The largest absolute Gasteiger partial charge is 0.381 e. The molecule has 1 heterocycles. The fourth-order valence-electron chi connectivity index (χ4n) is 2.00. The van der Waals surface area contributed by atoms with E-state index < -0.39 is 0 Å². The number of benzene rings is 1. The summed E-state index contributed by atoms with van der Waals surface area (Å²) in [4.78, 5) is 0. The Kier molecular flexibility index (Phi) is 3.95. The van der Waals surface area contributed by atoms with Crippen molar-refractivity contribution >= 4 is 15.9 Å². The molecule has 0 bridgehead atoms. The van der Waals surface area contributed by atoms with Crippen LogP contribution in [0.4, 0.5) is 4.39 Å². The normalized spacial score (nSPS) is 22.3. The van der Waals surface area contributed by atoms with E-state index in [1.165, 1.54) is 6.07 Å². The lowest BCUT2D eigenvalue weighted by Gasteiger charge is -2.17. The third kappa shape index (κ3) is 2.81. The summed E-state index contributed by atoms with van der Waals surface area (Å²) in [6, 6.07) is 5.09. The van der Waals surface area contributed by atoms with Gasteiger partial charge in [-0.15, -0.1) is 0 Å². The monoisotopic (exact) mass is 287 g/mol. The van der Waals surface area contributed by atoms with Crippen molar-refractivity contribution in [2.24, 2.45) is 11.7 Å². The number of ether oxygens (including phenoxy) is 1. The zero-order valence-electron chi connectivity index (χ0n) is 8.96. The van der Waals surface area contributed by atoms with Gasteiger partial charge in [-0.3, -0.25) is 0 Å². The molecule has 1 aliphatic rings. The highest BCUT2D eigenvalue weighted by molar-refractivity contribution is 9.10. The molecule has 1 fully saturated rings. The molecule has 88 valence electrons. The van der Waals surface area contributed by atoms with E-state index in [9.17, 15) is 4.39 Å². The Balaban J connectivity index is 2.02. The summed E-state index contributed by atoms with van der Waals surface area (Å²) in [5, 5.41) is 0. The Labute approximate surface area is 103 Å². The Bertz CT molecular complexity index is 366. The molecule has 0 amide bonds. The molecule has 2 N–H and O–H groups in total. The van der Waals surface area contributed by atoms with Gasteiger partial charge in [0.1, 0.15) is 5.82 Å². The van der Waals surface area contributed by atoms with Crippen LogP contribution in [0.2, 0.25) is 0 Å². The van der Waals surface area contributed by atoms with Crippen LogP contribution in [0.25, 0.3) is 0 Å². The minimum absolute atomic E-state index is 0.0156. The quantitative estimate of drug-likeness (QED) is 0.927. The van der Waals surface area contributed by atoms with Crippen molar-refractivity contribution in [3.05, 3.63) is 34.1 Å². The molecule has 1 aliphatic heterocycles. The maximum Gasteiger partial charge on any atom is 0.127 e. The first-order valence-corrected chi connectivity index (χ1v) is 6.23. The van der Waals surface area contributed by atoms with Crippen LogP contribution in [-0.4, -0.2) is 19.3 Å². The Morgan fingerprint density at radius 2 is 2.38 bits per heavy atom. The number of halogens is 2. The first-order chi connectivity index (χ1) is 7.66. The van der Waals surface area contributed by atoms with Crippen molar-refractivity contribution in [2.45, 2.75) is 18.9 Å². The molecule has 0 spiro atoms. The second-order valence-electron chi connectivity index (χ2n) is 4.23. The van der Waals surface area contributed by atoms with Gasteiger partial charge in [-0.2, -0.15) is 0 Å². The number of rotatable bonds is 3. The van der Waals surface area contributed by atoms with Gasteiger partial charge in [-0.25, -0.2) is 4.39 Å². The lowest BCUT2D eigenvalue weighted by Crippen LogP contribution is -2.32. The van der Waals surface area contributed by atoms with E-state index in [2.05, 4.69) is 15.9 Å². The predicted octanol–water partition coefficient (Wildman–Crippen LogP) is 2.49. The van der Waals surface area contributed by atoms with Gasteiger partial charge >= 0.3 is 0 Å². The van der Waals surface area contributed by atoms with Crippen LogP contribution in [0.5, 0.6) is 0 Å². The number of hydrogen-bond donors (Lipinski definition) is 1. The molecular weight excluding hydrogens is 273 g/mol. The molecular formula is C12H15BrFNO. The summed E-state index contributed by atoms with van der Waals surface area (Å²) in [5.41, 5.74) is 6.74. The predicted molar refractivity (Wildman–Crippen MR) is 64.7 cm³/mol. The van der Waals surface area contributed by atoms with E-state index in [-0.39, 0.29) is 11.9 Å². The van der Waals surface area contributed by atoms with Crippen LogP contribution in [0, 0.1) is 11.7 Å². The van der Waals surface area contributed by atoms with Crippen molar-refractivity contribution in [3.8, 4) is 0 Å². The average Bonchev–Trinajstić information content (AvgIpc) is 2.75. The van der Waals surface area contributed by atoms with Crippen molar-refractivity contribution in [1.82, 2.24) is 0 Å². The lowest BCUT2D eigenvalue weighted by atomic mass is 9.93. The number of nitrogens with two attached hydrogens (primary N) is 1. The zero-order valence-corrected chi connectivity index (χ0v) is 10.5. The molecule has 1 aromatic rings. The molecule has 2 atom stereocenters. The minimum atomic E-state index is -0.191. The molecule has 0 aliphatic carbocycles. The highest BCUT2D eigenvalue weighted by Crippen LogP contribution is 2.21. The topological polar surface area (TPSA) is 35.2 Å². The molecule has 1 aromatic carbocycles. The van der Waals surface area contributed by atoms with Gasteiger partial charge in [-0.1, -0.05) is 22.0 Å². The second-order valence-corrected chi connectivity index (χ2v) is 5.14. The first kappa shape index (κ1) is 12.0. The number of hydrogen-bond acceptors (Lipinski definition) is 2. The molecule has 0 radical (unpaired) electrons. The summed E-state index contributed by atoms with van der Waals surface area (Å²) in [6.45, 7) is 1.49. The second kappa shape index (κ2) is 5.25. The van der Waals surface area contributed by atoms with E-state index in [1.54, 1.807) is 6.07 Å². The van der Waals surface area contributed by atoms with E-state index in [1.807, 2.05) is 6.07 Å². The fourth-order valence-corrected chi connectivity index (χ4v) is 2.33. The maximum atomic E-state index is 13.6. The van der Waals surface area contributed by atoms with Gasteiger partial charge < -0.3 is 10.5 Å². The molecule has 0 aromatic heterocycles. The van der Waals surface area contributed by atoms with Crippen molar-refractivity contribution in [3.63, 3.8) is 0 Å². The van der Waals surface area contributed by atoms with E-state index in [4.69, 9.17) is 10.5 Å². The SMILES string of the molecule is NC(Cc1ccc(Br)cc1F)C1CCOC1.